The van der Waals surface area contributed by atoms with E-state index in [1.807, 2.05) is 32.0 Å². The fraction of sp³-hybridized carbons (Fsp3) is 0.188. The first-order valence-electron chi connectivity index (χ1n) is 6.89. The van der Waals surface area contributed by atoms with E-state index in [-0.39, 0.29) is 17.4 Å². The van der Waals surface area contributed by atoms with Crippen LogP contribution in [0.1, 0.15) is 11.1 Å². The summed E-state index contributed by atoms with van der Waals surface area (Å²) in [6, 6.07) is 11.4. The van der Waals surface area contributed by atoms with Gasteiger partial charge >= 0.3 is 0 Å². The summed E-state index contributed by atoms with van der Waals surface area (Å²) in [6.45, 7) is 3.62. The molecule has 0 aliphatic heterocycles. The molecule has 0 bridgehead atoms. The Morgan fingerprint density at radius 3 is 2.35 bits per heavy atom. The smallest absolute Gasteiger partial charge is 0.262 e. The molecular weight excluding hydrogens is 316 g/mol. The van der Waals surface area contributed by atoms with Crippen LogP contribution >= 0.6 is 0 Å². The Balaban J connectivity index is 2.03. The van der Waals surface area contributed by atoms with Gasteiger partial charge in [-0.1, -0.05) is 24.3 Å². The molecule has 2 aromatic rings. The number of carbonyl (C=O) groups excluding carboxylic acids is 1. The Bertz CT molecular complexity index is 811. The van der Waals surface area contributed by atoms with Crippen LogP contribution in [0, 0.1) is 13.8 Å². The summed E-state index contributed by atoms with van der Waals surface area (Å²) in [7, 11) is -3.81. The Labute approximate surface area is 135 Å². The van der Waals surface area contributed by atoms with Crippen molar-refractivity contribution in [3.63, 3.8) is 0 Å². The Kier molecular flexibility index (Phi) is 5.02. The number of nitrogens with two attached hydrogens (primary N) is 1. The van der Waals surface area contributed by atoms with Crippen LogP contribution in [0.15, 0.2) is 47.4 Å². The van der Waals surface area contributed by atoms with Gasteiger partial charge in [0.1, 0.15) is 5.75 Å². The Morgan fingerprint density at radius 2 is 1.74 bits per heavy atom. The first kappa shape index (κ1) is 17.0. The Morgan fingerprint density at radius 1 is 1.13 bits per heavy atom. The molecule has 0 aromatic heterocycles. The summed E-state index contributed by atoms with van der Waals surface area (Å²) in [6.07, 6.45) is 0. The lowest BCUT2D eigenvalue weighted by Gasteiger charge is -2.12. The van der Waals surface area contributed by atoms with Crippen LogP contribution in [0.25, 0.3) is 0 Å². The zero-order valence-electron chi connectivity index (χ0n) is 12.9. The number of rotatable bonds is 5. The molecule has 6 nitrogen and oxygen atoms in total. The zero-order chi connectivity index (χ0) is 17.0. The number of hydrogen-bond acceptors (Lipinski definition) is 4. The van der Waals surface area contributed by atoms with E-state index in [0.29, 0.717) is 11.4 Å². The largest absolute Gasteiger partial charge is 0.483 e. The van der Waals surface area contributed by atoms with Gasteiger partial charge in [-0.15, -0.1) is 0 Å². The van der Waals surface area contributed by atoms with Gasteiger partial charge < -0.3 is 10.1 Å². The standard InChI is InChI=1S/C16H18N2O4S/c1-11-5-3-6-12(2)16(11)22-10-15(19)18-13-7-4-8-14(9-13)23(17,20)21/h3-9H,10H2,1-2H3,(H,18,19)(H2,17,20,21). The third-order valence-electron chi connectivity index (χ3n) is 3.20. The van der Waals surface area contributed by atoms with Crippen molar-refractivity contribution in [1.29, 1.82) is 0 Å². The molecule has 0 radical (unpaired) electrons. The predicted octanol–water partition coefficient (Wildman–Crippen LogP) is 1.97. The van der Waals surface area contributed by atoms with Crippen LogP contribution in [-0.4, -0.2) is 20.9 Å². The number of primary sulfonamides is 1. The van der Waals surface area contributed by atoms with Crippen molar-refractivity contribution in [2.24, 2.45) is 5.14 Å². The molecule has 122 valence electrons. The van der Waals surface area contributed by atoms with Gasteiger partial charge in [-0.2, -0.15) is 0 Å². The number of hydrogen-bond donors (Lipinski definition) is 2. The quantitative estimate of drug-likeness (QED) is 0.873. The SMILES string of the molecule is Cc1cccc(C)c1OCC(=O)Nc1cccc(S(N)(=O)=O)c1. The summed E-state index contributed by atoms with van der Waals surface area (Å²) in [4.78, 5) is 11.9. The minimum absolute atomic E-state index is 0.0639. The first-order valence-corrected chi connectivity index (χ1v) is 8.44. The number of nitrogens with one attached hydrogen (secondary N) is 1. The van der Waals surface area contributed by atoms with Crippen LogP contribution in [0.5, 0.6) is 5.75 Å². The normalized spacial score (nSPS) is 11.1. The highest BCUT2D eigenvalue weighted by molar-refractivity contribution is 7.89. The lowest BCUT2D eigenvalue weighted by molar-refractivity contribution is -0.118. The number of benzene rings is 2. The number of sulfonamides is 1. The number of amides is 1. The summed E-state index contributed by atoms with van der Waals surface area (Å²) >= 11 is 0. The molecule has 0 unspecified atom stereocenters. The highest BCUT2D eigenvalue weighted by Gasteiger charge is 2.11. The molecule has 1 amide bonds. The number of ether oxygens (including phenoxy) is 1. The molecule has 0 aliphatic rings. The first-order chi connectivity index (χ1) is 10.8. The third-order valence-corrected chi connectivity index (χ3v) is 4.11. The van der Waals surface area contributed by atoms with Crippen LogP contribution in [0.4, 0.5) is 5.69 Å². The average molecular weight is 334 g/mol. The summed E-state index contributed by atoms with van der Waals surface area (Å²) in [5.41, 5.74) is 2.22. The second-order valence-electron chi connectivity index (χ2n) is 5.13. The van der Waals surface area contributed by atoms with Gasteiger partial charge in [0.15, 0.2) is 6.61 Å². The van der Waals surface area contributed by atoms with E-state index in [2.05, 4.69) is 5.32 Å². The fourth-order valence-corrected chi connectivity index (χ4v) is 2.67. The molecular formula is C16H18N2O4S. The van der Waals surface area contributed by atoms with Crippen molar-refractivity contribution >= 4 is 21.6 Å². The monoisotopic (exact) mass is 334 g/mol. The molecule has 0 spiro atoms. The fourth-order valence-electron chi connectivity index (χ4n) is 2.11. The second-order valence-corrected chi connectivity index (χ2v) is 6.69. The van der Waals surface area contributed by atoms with Gasteiger partial charge in [0.2, 0.25) is 10.0 Å². The lowest BCUT2D eigenvalue weighted by Crippen LogP contribution is -2.21. The van der Waals surface area contributed by atoms with Crippen molar-refractivity contribution in [3.8, 4) is 5.75 Å². The van der Waals surface area contributed by atoms with Crippen molar-refractivity contribution in [3.05, 3.63) is 53.6 Å². The van der Waals surface area contributed by atoms with Gasteiger partial charge in [-0.05, 0) is 43.2 Å². The van der Waals surface area contributed by atoms with Crippen molar-refractivity contribution in [2.75, 3.05) is 11.9 Å². The van der Waals surface area contributed by atoms with Crippen molar-refractivity contribution < 1.29 is 17.9 Å². The van der Waals surface area contributed by atoms with E-state index >= 15 is 0 Å². The minimum Gasteiger partial charge on any atom is -0.483 e. The summed E-state index contributed by atoms with van der Waals surface area (Å²) < 4.78 is 28.1. The number of carbonyl (C=O) groups is 1. The third kappa shape index (κ3) is 4.54. The van der Waals surface area contributed by atoms with E-state index in [9.17, 15) is 13.2 Å². The molecule has 2 rings (SSSR count). The van der Waals surface area contributed by atoms with Crippen molar-refractivity contribution in [2.45, 2.75) is 18.7 Å². The maximum Gasteiger partial charge on any atom is 0.262 e. The topological polar surface area (TPSA) is 98.5 Å². The number of para-hydroxylation sites is 1. The summed E-state index contributed by atoms with van der Waals surface area (Å²) in [5, 5.41) is 7.64. The molecule has 3 N–H and O–H groups in total. The zero-order valence-corrected chi connectivity index (χ0v) is 13.7. The molecule has 0 fully saturated rings. The van der Waals surface area contributed by atoms with E-state index < -0.39 is 10.0 Å². The maximum absolute atomic E-state index is 12.0. The van der Waals surface area contributed by atoms with Gasteiger partial charge in [0, 0.05) is 5.69 Å². The van der Waals surface area contributed by atoms with Crippen LogP contribution in [-0.2, 0) is 14.8 Å². The van der Waals surface area contributed by atoms with E-state index in [1.54, 1.807) is 6.07 Å². The molecule has 2 aromatic carbocycles. The molecule has 0 atom stereocenters. The molecule has 23 heavy (non-hydrogen) atoms. The van der Waals surface area contributed by atoms with Gasteiger partial charge in [0.05, 0.1) is 4.90 Å². The highest BCUT2D eigenvalue weighted by Crippen LogP contribution is 2.22. The highest BCUT2D eigenvalue weighted by atomic mass is 32.2. The average Bonchev–Trinajstić information content (AvgIpc) is 2.46. The Hall–Kier alpha value is -2.38. The van der Waals surface area contributed by atoms with Gasteiger partial charge in [-0.25, -0.2) is 13.6 Å². The predicted molar refractivity (Wildman–Crippen MR) is 87.9 cm³/mol. The van der Waals surface area contributed by atoms with Crippen LogP contribution in [0.3, 0.4) is 0 Å². The maximum atomic E-state index is 12.0. The molecule has 0 saturated heterocycles. The molecule has 7 heteroatoms. The minimum atomic E-state index is -3.81. The lowest BCUT2D eigenvalue weighted by atomic mass is 10.1. The second kappa shape index (κ2) is 6.80. The van der Waals surface area contributed by atoms with E-state index in [0.717, 1.165) is 11.1 Å². The van der Waals surface area contributed by atoms with Gasteiger partial charge in [-0.3, -0.25) is 4.79 Å². The van der Waals surface area contributed by atoms with Crippen LogP contribution in [0.2, 0.25) is 0 Å². The summed E-state index contributed by atoms with van der Waals surface area (Å²) in [5.74, 6) is 0.278. The van der Waals surface area contributed by atoms with Gasteiger partial charge in [0.25, 0.3) is 5.91 Å². The molecule has 0 saturated carbocycles. The molecule has 0 heterocycles. The van der Waals surface area contributed by atoms with Crippen molar-refractivity contribution in [1.82, 2.24) is 0 Å². The van der Waals surface area contributed by atoms with E-state index in [1.165, 1.54) is 18.2 Å². The molecule has 0 aliphatic carbocycles. The van der Waals surface area contributed by atoms with Crippen LogP contribution < -0.4 is 15.2 Å². The number of aryl methyl sites for hydroxylation is 2. The van der Waals surface area contributed by atoms with E-state index in [4.69, 9.17) is 9.88 Å². The number of anilines is 1.